The number of carbonyl (C=O) groups excluding carboxylic acids is 1. The van der Waals surface area contributed by atoms with E-state index >= 15 is 0 Å². The van der Waals surface area contributed by atoms with Gasteiger partial charge in [-0.3, -0.25) is 4.79 Å². The van der Waals surface area contributed by atoms with Gasteiger partial charge < -0.3 is 5.43 Å². The maximum Gasteiger partial charge on any atom is 0.211 e. The van der Waals surface area contributed by atoms with Crippen molar-refractivity contribution in [3.63, 3.8) is 0 Å². The van der Waals surface area contributed by atoms with Crippen LogP contribution in [0.2, 0.25) is 4.34 Å². The van der Waals surface area contributed by atoms with Crippen molar-refractivity contribution in [2.24, 2.45) is 5.10 Å². The zero-order valence-electron chi connectivity index (χ0n) is 7.30. The van der Waals surface area contributed by atoms with E-state index in [0.717, 1.165) is 0 Å². The van der Waals surface area contributed by atoms with Gasteiger partial charge in [0.25, 0.3) is 0 Å². The second-order valence-electron chi connectivity index (χ2n) is 2.36. The minimum Gasteiger partial charge on any atom is -0.313 e. The molecule has 0 aliphatic rings. The Morgan fingerprint density at radius 1 is 1.69 bits per heavy atom. The van der Waals surface area contributed by atoms with Crippen LogP contribution in [0.15, 0.2) is 16.5 Å². The SMILES string of the molecule is CN/N=C(\C)C(=O)c1ccsc1Cl. The Morgan fingerprint density at radius 2 is 2.38 bits per heavy atom. The fraction of sp³-hybridized carbons (Fsp3) is 0.250. The molecule has 5 heteroatoms. The molecule has 0 fully saturated rings. The summed E-state index contributed by atoms with van der Waals surface area (Å²) >= 11 is 7.14. The first-order valence-electron chi connectivity index (χ1n) is 3.65. The Morgan fingerprint density at radius 3 is 2.85 bits per heavy atom. The highest BCUT2D eigenvalue weighted by Gasteiger charge is 2.13. The number of rotatable bonds is 3. The molecule has 1 rings (SSSR count). The van der Waals surface area contributed by atoms with Crippen LogP contribution in [0.3, 0.4) is 0 Å². The van der Waals surface area contributed by atoms with E-state index in [0.29, 0.717) is 15.6 Å². The lowest BCUT2D eigenvalue weighted by Gasteiger charge is -1.97. The van der Waals surface area contributed by atoms with E-state index in [1.54, 1.807) is 25.4 Å². The molecule has 0 saturated heterocycles. The van der Waals surface area contributed by atoms with Gasteiger partial charge >= 0.3 is 0 Å². The monoisotopic (exact) mass is 216 g/mol. The summed E-state index contributed by atoms with van der Waals surface area (Å²) in [5.74, 6) is -0.138. The van der Waals surface area contributed by atoms with Crippen LogP contribution in [0.25, 0.3) is 0 Å². The molecule has 0 unspecified atom stereocenters. The van der Waals surface area contributed by atoms with Crippen LogP contribution in [0.1, 0.15) is 17.3 Å². The standard InChI is InChI=1S/C8H9ClN2OS/c1-5(11-10-2)7(12)6-3-4-13-8(6)9/h3-4,10H,1-2H3/b11-5+. The van der Waals surface area contributed by atoms with Crippen molar-refractivity contribution < 1.29 is 4.79 Å². The molecule has 0 aromatic carbocycles. The molecule has 3 nitrogen and oxygen atoms in total. The fourth-order valence-corrected chi connectivity index (χ4v) is 1.78. The van der Waals surface area contributed by atoms with E-state index < -0.39 is 0 Å². The molecule has 0 atom stereocenters. The summed E-state index contributed by atoms with van der Waals surface area (Å²) < 4.78 is 0.510. The zero-order valence-corrected chi connectivity index (χ0v) is 8.87. The minimum absolute atomic E-state index is 0.138. The molecule has 0 aliphatic heterocycles. The van der Waals surface area contributed by atoms with Crippen LogP contribution in [0, 0.1) is 0 Å². The smallest absolute Gasteiger partial charge is 0.211 e. The third-order valence-corrected chi connectivity index (χ3v) is 2.64. The van der Waals surface area contributed by atoms with Gasteiger partial charge in [-0.05, 0) is 18.4 Å². The summed E-state index contributed by atoms with van der Waals surface area (Å²) in [7, 11) is 1.64. The highest BCUT2D eigenvalue weighted by Crippen LogP contribution is 2.23. The number of thiophene rings is 1. The van der Waals surface area contributed by atoms with E-state index in [-0.39, 0.29) is 5.78 Å². The summed E-state index contributed by atoms with van der Waals surface area (Å²) in [5.41, 5.74) is 3.48. The van der Waals surface area contributed by atoms with Crippen molar-refractivity contribution in [2.75, 3.05) is 7.05 Å². The van der Waals surface area contributed by atoms with E-state index in [9.17, 15) is 4.79 Å². The summed E-state index contributed by atoms with van der Waals surface area (Å²) in [6.07, 6.45) is 0. The lowest BCUT2D eigenvalue weighted by Crippen LogP contribution is -2.13. The van der Waals surface area contributed by atoms with E-state index in [1.165, 1.54) is 11.3 Å². The molecule has 70 valence electrons. The molecule has 0 amide bonds. The van der Waals surface area contributed by atoms with Gasteiger partial charge in [-0.15, -0.1) is 11.3 Å². The first-order valence-corrected chi connectivity index (χ1v) is 4.91. The van der Waals surface area contributed by atoms with Crippen molar-refractivity contribution in [3.8, 4) is 0 Å². The maximum atomic E-state index is 11.6. The summed E-state index contributed by atoms with van der Waals surface area (Å²) in [6.45, 7) is 1.65. The van der Waals surface area contributed by atoms with Gasteiger partial charge in [0.05, 0.1) is 5.56 Å². The summed E-state index contributed by atoms with van der Waals surface area (Å²) in [6, 6.07) is 1.70. The van der Waals surface area contributed by atoms with Crippen molar-refractivity contribution >= 4 is 34.4 Å². The van der Waals surface area contributed by atoms with E-state index in [2.05, 4.69) is 10.5 Å². The molecule has 1 aromatic rings. The van der Waals surface area contributed by atoms with Crippen molar-refractivity contribution in [1.29, 1.82) is 0 Å². The predicted octanol–water partition coefficient (Wildman–Crippen LogP) is 2.18. The normalized spacial score (nSPS) is 11.5. The number of halogens is 1. The molecule has 13 heavy (non-hydrogen) atoms. The molecular weight excluding hydrogens is 208 g/mol. The number of carbonyl (C=O) groups is 1. The lowest BCUT2D eigenvalue weighted by molar-refractivity contribution is 0.106. The second-order valence-corrected chi connectivity index (χ2v) is 3.88. The number of ketones is 1. The number of nitrogens with one attached hydrogen (secondary N) is 1. The summed E-state index contributed by atoms with van der Waals surface area (Å²) in [4.78, 5) is 11.6. The van der Waals surface area contributed by atoms with Crippen LogP contribution in [-0.2, 0) is 0 Å². The predicted molar refractivity (Wildman–Crippen MR) is 55.8 cm³/mol. The third kappa shape index (κ3) is 2.29. The Kier molecular flexibility index (Phi) is 3.45. The van der Waals surface area contributed by atoms with E-state index in [4.69, 9.17) is 11.6 Å². The molecule has 0 spiro atoms. The summed E-state index contributed by atoms with van der Waals surface area (Å²) in [5, 5.41) is 5.56. The molecule has 1 N–H and O–H groups in total. The lowest BCUT2D eigenvalue weighted by atomic mass is 10.1. The number of hydrogen-bond acceptors (Lipinski definition) is 4. The van der Waals surface area contributed by atoms with Crippen LogP contribution in [0.5, 0.6) is 0 Å². The maximum absolute atomic E-state index is 11.6. The number of hydrogen-bond donors (Lipinski definition) is 1. The quantitative estimate of drug-likeness (QED) is 0.478. The van der Waals surface area contributed by atoms with Crippen LogP contribution in [-0.4, -0.2) is 18.5 Å². The highest BCUT2D eigenvalue weighted by molar-refractivity contribution is 7.14. The van der Waals surface area contributed by atoms with Gasteiger partial charge in [0.2, 0.25) is 5.78 Å². The number of hydrazone groups is 1. The molecule has 1 heterocycles. The number of nitrogens with zero attached hydrogens (tertiary/aromatic N) is 1. The average Bonchev–Trinajstić information content (AvgIpc) is 2.50. The Hall–Kier alpha value is -0.870. The molecular formula is C8H9ClN2OS. The van der Waals surface area contributed by atoms with E-state index in [1.807, 2.05) is 0 Å². The van der Waals surface area contributed by atoms with Crippen molar-refractivity contribution in [3.05, 3.63) is 21.3 Å². The van der Waals surface area contributed by atoms with Gasteiger partial charge in [0, 0.05) is 7.05 Å². The Balaban J connectivity index is 2.92. The van der Waals surface area contributed by atoms with Gasteiger partial charge in [-0.25, -0.2) is 0 Å². The van der Waals surface area contributed by atoms with Gasteiger partial charge in [-0.1, -0.05) is 11.6 Å². The van der Waals surface area contributed by atoms with Crippen LogP contribution < -0.4 is 5.43 Å². The first-order chi connectivity index (χ1) is 6.16. The van der Waals surface area contributed by atoms with Crippen LogP contribution in [0.4, 0.5) is 0 Å². The average molecular weight is 217 g/mol. The highest BCUT2D eigenvalue weighted by atomic mass is 35.5. The Labute approximate surface area is 85.4 Å². The topological polar surface area (TPSA) is 41.5 Å². The fourth-order valence-electron chi connectivity index (χ4n) is 0.869. The molecule has 0 aliphatic carbocycles. The van der Waals surface area contributed by atoms with Gasteiger partial charge in [0.1, 0.15) is 10.0 Å². The van der Waals surface area contributed by atoms with Gasteiger partial charge in [-0.2, -0.15) is 5.10 Å². The molecule has 1 aromatic heterocycles. The largest absolute Gasteiger partial charge is 0.313 e. The van der Waals surface area contributed by atoms with Crippen LogP contribution >= 0.6 is 22.9 Å². The second kappa shape index (κ2) is 4.39. The molecule has 0 bridgehead atoms. The number of Topliss-reactive ketones (excluding diaryl/α,β-unsaturated/α-hetero) is 1. The third-order valence-electron chi connectivity index (χ3n) is 1.47. The first kappa shape index (κ1) is 10.2. The zero-order chi connectivity index (χ0) is 9.84. The molecule has 0 saturated carbocycles. The minimum atomic E-state index is -0.138. The Bertz CT molecular complexity index is 346. The van der Waals surface area contributed by atoms with Crippen molar-refractivity contribution in [2.45, 2.75) is 6.92 Å². The molecule has 0 radical (unpaired) electrons. The van der Waals surface area contributed by atoms with Crippen molar-refractivity contribution in [1.82, 2.24) is 5.43 Å². The van der Waals surface area contributed by atoms with Gasteiger partial charge in [0.15, 0.2) is 0 Å².